The summed E-state index contributed by atoms with van der Waals surface area (Å²) in [6, 6.07) is 4.39. The summed E-state index contributed by atoms with van der Waals surface area (Å²) >= 11 is 0. The van der Waals surface area contributed by atoms with Gasteiger partial charge < -0.3 is 9.64 Å². The predicted octanol–water partition coefficient (Wildman–Crippen LogP) is 3.36. The standard InChI is InChI=1S/C22H29N3O5/c1-2-3-4-5-6-7-13-30-22(29)23-17-10-8-9-15-16(17)14-25(21(15)28)18-11-12-19(26)24-20(18)27/h8-10,18H,2-7,11-14H2,1H3,(H,23,29)(H,24,26,27). The van der Waals surface area contributed by atoms with Gasteiger partial charge in [0.2, 0.25) is 11.8 Å². The summed E-state index contributed by atoms with van der Waals surface area (Å²) in [4.78, 5) is 50.0. The highest BCUT2D eigenvalue weighted by atomic mass is 16.5. The number of unbranched alkanes of at least 4 members (excludes halogenated alkanes) is 5. The Morgan fingerprint density at radius 1 is 1.17 bits per heavy atom. The van der Waals surface area contributed by atoms with Gasteiger partial charge in [0.05, 0.1) is 6.61 Å². The molecule has 0 bridgehead atoms. The van der Waals surface area contributed by atoms with Crippen molar-refractivity contribution < 1.29 is 23.9 Å². The molecule has 30 heavy (non-hydrogen) atoms. The number of carbonyl (C=O) groups excluding carboxylic acids is 4. The first-order chi connectivity index (χ1) is 14.5. The molecule has 0 aromatic heterocycles. The molecule has 8 heteroatoms. The second-order valence-electron chi connectivity index (χ2n) is 7.76. The van der Waals surface area contributed by atoms with E-state index in [1.54, 1.807) is 18.2 Å². The van der Waals surface area contributed by atoms with E-state index >= 15 is 0 Å². The largest absolute Gasteiger partial charge is 0.449 e. The number of piperidine rings is 1. The smallest absolute Gasteiger partial charge is 0.411 e. The molecule has 1 aromatic carbocycles. The van der Waals surface area contributed by atoms with Gasteiger partial charge in [-0.05, 0) is 25.0 Å². The molecular weight excluding hydrogens is 386 g/mol. The maximum absolute atomic E-state index is 12.8. The monoisotopic (exact) mass is 415 g/mol. The number of nitrogens with one attached hydrogen (secondary N) is 2. The van der Waals surface area contributed by atoms with Gasteiger partial charge in [-0.3, -0.25) is 25.0 Å². The number of hydrogen-bond acceptors (Lipinski definition) is 5. The third-order valence-corrected chi connectivity index (χ3v) is 5.55. The number of benzene rings is 1. The second kappa shape index (κ2) is 10.2. The molecule has 1 unspecified atom stereocenters. The van der Waals surface area contributed by atoms with E-state index in [9.17, 15) is 19.2 Å². The zero-order valence-corrected chi connectivity index (χ0v) is 17.4. The van der Waals surface area contributed by atoms with E-state index in [1.165, 1.54) is 24.2 Å². The fourth-order valence-electron chi connectivity index (χ4n) is 3.90. The lowest BCUT2D eigenvalue weighted by molar-refractivity contribution is -0.136. The van der Waals surface area contributed by atoms with Crippen LogP contribution in [0.15, 0.2) is 18.2 Å². The molecule has 1 atom stereocenters. The first-order valence-electron chi connectivity index (χ1n) is 10.7. The van der Waals surface area contributed by atoms with Crippen LogP contribution in [0.5, 0.6) is 0 Å². The van der Waals surface area contributed by atoms with E-state index in [0.29, 0.717) is 29.8 Å². The predicted molar refractivity (Wildman–Crippen MR) is 111 cm³/mol. The number of hydrogen-bond donors (Lipinski definition) is 2. The third-order valence-electron chi connectivity index (χ3n) is 5.55. The molecular formula is C22H29N3O5. The van der Waals surface area contributed by atoms with E-state index < -0.39 is 18.0 Å². The Hall–Kier alpha value is -2.90. The summed E-state index contributed by atoms with van der Waals surface area (Å²) in [5, 5.41) is 5.00. The quantitative estimate of drug-likeness (QED) is 0.475. The summed E-state index contributed by atoms with van der Waals surface area (Å²) in [7, 11) is 0. The highest BCUT2D eigenvalue weighted by Gasteiger charge is 2.39. The van der Waals surface area contributed by atoms with Crippen molar-refractivity contribution >= 4 is 29.5 Å². The van der Waals surface area contributed by atoms with Crippen LogP contribution in [-0.4, -0.2) is 41.4 Å². The molecule has 2 N–H and O–H groups in total. The number of ether oxygens (including phenoxy) is 1. The summed E-state index contributed by atoms with van der Waals surface area (Å²) in [6.07, 6.45) is 6.58. The first kappa shape index (κ1) is 21.8. The van der Waals surface area contributed by atoms with Gasteiger partial charge in [-0.15, -0.1) is 0 Å². The van der Waals surface area contributed by atoms with Crippen LogP contribution in [0.4, 0.5) is 10.5 Å². The van der Waals surface area contributed by atoms with Crippen molar-refractivity contribution in [3.63, 3.8) is 0 Å². The zero-order valence-electron chi connectivity index (χ0n) is 17.4. The van der Waals surface area contributed by atoms with Crippen molar-refractivity contribution in [2.24, 2.45) is 0 Å². The van der Waals surface area contributed by atoms with Crippen molar-refractivity contribution in [2.75, 3.05) is 11.9 Å². The maximum atomic E-state index is 12.8. The Kier molecular flexibility index (Phi) is 7.43. The highest BCUT2D eigenvalue weighted by Crippen LogP contribution is 2.32. The van der Waals surface area contributed by atoms with Crippen LogP contribution < -0.4 is 10.6 Å². The summed E-state index contributed by atoms with van der Waals surface area (Å²) in [5.41, 5.74) is 1.61. The average molecular weight is 415 g/mol. The SMILES string of the molecule is CCCCCCCCOC(=O)Nc1cccc2c1CN(C1CCC(=O)NC1=O)C2=O. The molecule has 2 aliphatic heterocycles. The molecule has 162 valence electrons. The van der Waals surface area contributed by atoms with E-state index in [2.05, 4.69) is 17.6 Å². The molecule has 2 aliphatic rings. The topological polar surface area (TPSA) is 105 Å². The van der Waals surface area contributed by atoms with Crippen LogP contribution >= 0.6 is 0 Å². The molecule has 0 aliphatic carbocycles. The Bertz CT molecular complexity index is 823. The van der Waals surface area contributed by atoms with Crippen LogP contribution in [-0.2, 0) is 20.9 Å². The molecule has 2 heterocycles. The highest BCUT2D eigenvalue weighted by molar-refractivity contribution is 6.06. The molecule has 0 spiro atoms. The molecule has 1 aromatic rings. The van der Waals surface area contributed by atoms with Gasteiger partial charge in [-0.25, -0.2) is 4.79 Å². The summed E-state index contributed by atoms with van der Waals surface area (Å²) in [6.45, 7) is 2.73. The number of anilines is 1. The van der Waals surface area contributed by atoms with Gasteiger partial charge in [0.25, 0.3) is 5.91 Å². The molecule has 8 nitrogen and oxygen atoms in total. The maximum Gasteiger partial charge on any atom is 0.411 e. The molecule has 1 fully saturated rings. The van der Waals surface area contributed by atoms with E-state index in [1.807, 2.05) is 0 Å². The van der Waals surface area contributed by atoms with Crippen LogP contribution in [0.1, 0.15) is 74.2 Å². The lowest BCUT2D eigenvalue weighted by Gasteiger charge is -2.29. The number of imide groups is 1. The van der Waals surface area contributed by atoms with Crippen LogP contribution in [0.3, 0.4) is 0 Å². The average Bonchev–Trinajstić information content (AvgIpc) is 3.05. The fourth-order valence-corrected chi connectivity index (χ4v) is 3.90. The lowest BCUT2D eigenvalue weighted by atomic mass is 10.0. The molecule has 1 saturated heterocycles. The summed E-state index contributed by atoms with van der Waals surface area (Å²) in [5.74, 6) is -1.06. The fraction of sp³-hybridized carbons (Fsp3) is 0.545. The molecule has 4 amide bonds. The van der Waals surface area contributed by atoms with Crippen molar-refractivity contribution in [3.8, 4) is 0 Å². The Labute approximate surface area is 176 Å². The number of fused-ring (bicyclic) bond motifs is 1. The minimum absolute atomic E-state index is 0.201. The van der Waals surface area contributed by atoms with Crippen LogP contribution in [0.25, 0.3) is 0 Å². The Morgan fingerprint density at radius 2 is 1.93 bits per heavy atom. The van der Waals surface area contributed by atoms with Crippen LogP contribution in [0, 0.1) is 0 Å². The number of nitrogens with zero attached hydrogens (tertiary/aromatic N) is 1. The van der Waals surface area contributed by atoms with Gasteiger partial charge in [-0.1, -0.05) is 45.1 Å². The third kappa shape index (κ3) is 5.17. The summed E-state index contributed by atoms with van der Waals surface area (Å²) < 4.78 is 5.26. The van der Waals surface area contributed by atoms with Crippen molar-refractivity contribution in [2.45, 2.75) is 70.9 Å². The number of carbonyl (C=O) groups is 4. The van der Waals surface area contributed by atoms with E-state index in [-0.39, 0.29) is 24.8 Å². The molecule has 0 saturated carbocycles. The molecule has 0 radical (unpaired) electrons. The molecule has 3 rings (SSSR count). The van der Waals surface area contributed by atoms with Gasteiger partial charge >= 0.3 is 6.09 Å². The first-order valence-corrected chi connectivity index (χ1v) is 10.7. The zero-order chi connectivity index (χ0) is 21.5. The number of amides is 4. The van der Waals surface area contributed by atoms with Gasteiger partial charge in [0, 0.05) is 29.8 Å². The van der Waals surface area contributed by atoms with Crippen molar-refractivity contribution in [1.29, 1.82) is 0 Å². The normalized spacial score (nSPS) is 18.2. The second-order valence-corrected chi connectivity index (χ2v) is 7.76. The Balaban J connectivity index is 1.55. The Morgan fingerprint density at radius 3 is 2.70 bits per heavy atom. The number of rotatable bonds is 9. The van der Waals surface area contributed by atoms with Crippen LogP contribution in [0.2, 0.25) is 0 Å². The lowest BCUT2D eigenvalue weighted by Crippen LogP contribution is -2.52. The van der Waals surface area contributed by atoms with Gasteiger partial charge in [-0.2, -0.15) is 0 Å². The van der Waals surface area contributed by atoms with E-state index in [0.717, 1.165) is 19.3 Å². The minimum atomic E-state index is -0.685. The van der Waals surface area contributed by atoms with Gasteiger partial charge in [0.1, 0.15) is 6.04 Å². The van der Waals surface area contributed by atoms with Gasteiger partial charge in [0.15, 0.2) is 0 Å². The van der Waals surface area contributed by atoms with Crippen molar-refractivity contribution in [3.05, 3.63) is 29.3 Å². The van der Waals surface area contributed by atoms with Crippen molar-refractivity contribution in [1.82, 2.24) is 10.2 Å². The van der Waals surface area contributed by atoms with E-state index in [4.69, 9.17) is 4.74 Å². The minimum Gasteiger partial charge on any atom is -0.449 e.